The Morgan fingerprint density at radius 3 is 2.85 bits per heavy atom. The minimum atomic E-state index is -0.528. The highest BCUT2D eigenvalue weighted by Crippen LogP contribution is 2.36. The number of carbonyl (C=O) groups excluding carboxylic acids is 1. The van der Waals surface area contributed by atoms with Crippen molar-refractivity contribution >= 4 is 6.09 Å². The number of hydrogen-bond acceptors (Lipinski definition) is 5. The summed E-state index contributed by atoms with van der Waals surface area (Å²) < 4.78 is 20.7. The molecule has 0 saturated carbocycles. The molecule has 0 aromatic heterocycles. The Morgan fingerprint density at radius 1 is 1.30 bits per heavy atom. The highest BCUT2D eigenvalue weighted by molar-refractivity contribution is 5.67. The predicted molar refractivity (Wildman–Crippen MR) is 71.1 cm³/mol. The Bertz CT molecular complexity index is 451. The molecule has 1 amide bonds. The molecule has 6 nitrogen and oxygen atoms in total. The number of benzene rings is 1. The predicted octanol–water partition coefficient (Wildman–Crippen LogP) is 1.60. The van der Waals surface area contributed by atoms with Crippen LogP contribution in [0.3, 0.4) is 0 Å². The summed E-state index contributed by atoms with van der Waals surface area (Å²) in [5.74, 6) is 0. The molecule has 1 N–H and O–H groups in total. The first-order chi connectivity index (χ1) is 9.76. The standard InChI is InChI=1S/C14H19NO5/c1-17-8-15-14(16)20-13-11-6-4-3-5-10(11)7-12(13)19-9-18-2/h3-6,12-13H,7-9H2,1-2H3,(H,15,16)/t12-,13-/m1/s1. The van der Waals surface area contributed by atoms with E-state index in [1.54, 1.807) is 7.11 Å². The third-order valence-electron chi connectivity index (χ3n) is 3.12. The summed E-state index contributed by atoms with van der Waals surface area (Å²) in [5, 5.41) is 2.50. The zero-order chi connectivity index (χ0) is 14.4. The van der Waals surface area contributed by atoms with Gasteiger partial charge in [-0.15, -0.1) is 0 Å². The Morgan fingerprint density at radius 2 is 2.10 bits per heavy atom. The lowest BCUT2D eigenvalue weighted by Gasteiger charge is -2.21. The molecule has 1 aliphatic rings. The Balaban J connectivity index is 2.06. The van der Waals surface area contributed by atoms with Gasteiger partial charge in [-0.3, -0.25) is 5.32 Å². The molecule has 1 aliphatic carbocycles. The molecule has 0 fully saturated rings. The van der Waals surface area contributed by atoms with Crippen LogP contribution in [0.4, 0.5) is 4.79 Å². The van der Waals surface area contributed by atoms with E-state index in [9.17, 15) is 4.79 Å². The molecular formula is C14H19NO5. The summed E-state index contributed by atoms with van der Waals surface area (Å²) in [4.78, 5) is 11.7. The van der Waals surface area contributed by atoms with Gasteiger partial charge in [0.05, 0.1) is 0 Å². The van der Waals surface area contributed by atoms with Gasteiger partial charge in [-0.05, 0) is 11.1 Å². The zero-order valence-electron chi connectivity index (χ0n) is 11.6. The monoisotopic (exact) mass is 281 g/mol. The number of nitrogens with one attached hydrogen (secondary N) is 1. The number of rotatable bonds is 6. The van der Waals surface area contributed by atoms with Crippen LogP contribution in [-0.2, 0) is 25.4 Å². The van der Waals surface area contributed by atoms with E-state index >= 15 is 0 Å². The van der Waals surface area contributed by atoms with Gasteiger partial charge in [0.1, 0.15) is 19.6 Å². The molecule has 110 valence electrons. The smallest absolute Gasteiger partial charge is 0.409 e. The van der Waals surface area contributed by atoms with Crippen molar-refractivity contribution < 1.29 is 23.7 Å². The van der Waals surface area contributed by atoms with Crippen molar-refractivity contribution in [1.82, 2.24) is 5.32 Å². The summed E-state index contributed by atoms with van der Waals surface area (Å²) in [7, 11) is 3.05. The fourth-order valence-corrected chi connectivity index (χ4v) is 2.25. The molecule has 0 radical (unpaired) electrons. The summed E-state index contributed by atoms with van der Waals surface area (Å²) in [6.07, 6.45) is -0.500. The average Bonchev–Trinajstić information content (AvgIpc) is 2.81. The van der Waals surface area contributed by atoms with Crippen LogP contribution in [0.2, 0.25) is 0 Å². The molecule has 0 saturated heterocycles. The van der Waals surface area contributed by atoms with E-state index in [4.69, 9.17) is 18.9 Å². The number of hydrogen-bond donors (Lipinski definition) is 1. The van der Waals surface area contributed by atoms with Crippen LogP contribution < -0.4 is 5.32 Å². The lowest BCUT2D eigenvalue weighted by Crippen LogP contribution is -2.31. The Kier molecular flexibility index (Phi) is 5.34. The molecule has 2 rings (SSSR count). The molecule has 0 aliphatic heterocycles. The SMILES string of the molecule is COCNC(=O)O[C@@H]1c2ccccc2C[C@H]1OCOC. The molecule has 0 bridgehead atoms. The van der Waals surface area contributed by atoms with Crippen LogP contribution in [0.5, 0.6) is 0 Å². The summed E-state index contributed by atoms with van der Waals surface area (Å²) >= 11 is 0. The van der Waals surface area contributed by atoms with Crippen molar-refractivity contribution in [1.29, 1.82) is 0 Å². The van der Waals surface area contributed by atoms with Crippen LogP contribution in [0, 0.1) is 0 Å². The first kappa shape index (κ1) is 14.8. The maximum absolute atomic E-state index is 11.7. The molecule has 1 aromatic carbocycles. The average molecular weight is 281 g/mol. The van der Waals surface area contributed by atoms with E-state index in [0.717, 1.165) is 11.1 Å². The minimum absolute atomic E-state index is 0.108. The van der Waals surface area contributed by atoms with Gasteiger partial charge in [0.2, 0.25) is 0 Å². The van der Waals surface area contributed by atoms with E-state index in [1.165, 1.54) is 7.11 Å². The van der Waals surface area contributed by atoms with Gasteiger partial charge in [0, 0.05) is 20.6 Å². The number of amides is 1. The lowest BCUT2D eigenvalue weighted by atomic mass is 10.1. The molecule has 0 spiro atoms. The highest BCUT2D eigenvalue weighted by Gasteiger charge is 2.36. The molecule has 0 unspecified atom stereocenters. The molecule has 20 heavy (non-hydrogen) atoms. The quantitative estimate of drug-likeness (QED) is 0.802. The maximum atomic E-state index is 11.7. The number of carbonyl (C=O) groups is 1. The number of fused-ring (bicyclic) bond motifs is 1. The molecule has 1 aromatic rings. The fourth-order valence-electron chi connectivity index (χ4n) is 2.25. The second kappa shape index (κ2) is 7.23. The van der Waals surface area contributed by atoms with Gasteiger partial charge in [0.25, 0.3) is 0 Å². The van der Waals surface area contributed by atoms with Crippen LogP contribution in [0.1, 0.15) is 17.2 Å². The fraction of sp³-hybridized carbons (Fsp3) is 0.500. The summed E-state index contributed by atoms with van der Waals surface area (Å²) in [6.45, 7) is 0.273. The number of methoxy groups -OCH3 is 2. The number of ether oxygens (including phenoxy) is 4. The zero-order valence-corrected chi connectivity index (χ0v) is 11.6. The third kappa shape index (κ3) is 3.47. The minimum Gasteiger partial charge on any atom is -0.438 e. The first-order valence-corrected chi connectivity index (χ1v) is 6.38. The highest BCUT2D eigenvalue weighted by atomic mass is 16.7. The third-order valence-corrected chi connectivity index (χ3v) is 3.12. The molecule has 6 heteroatoms. The van der Waals surface area contributed by atoms with E-state index in [2.05, 4.69) is 5.32 Å². The topological polar surface area (TPSA) is 66.0 Å². The molecular weight excluding hydrogens is 262 g/mol. The Hall–Kier alpha value is -1.63. The largest absolute Gasteiger partial charge is 0.438 e. The second-order valence-corrected chi connectivity index (χ2v) is 4.45. The van der Waals surface area contributed by atoms with Crippen molar-refractivity contribution in [3.63, 3.8) is 0 Å². The maximum Gasteiger partial charge on any atom is 0.409 e. The van der Waals surface area contributed by atoms with Gasteiger partial charge >= 0.3 is 6.09 Å². The lowest BCUT2D eigenvalue weighted by molar-refractivity contribution is -0.108. The van der Waals surface area contributed by atoms with Crippen molar-refractivity contribution in [2.45, 2.75) is 18.6 Å². The molecule has 0 heterocycles. The van der Waals surface area contributed by atoms with Crippen molar-refractivity contribution in [2.24, 2.45) is 0 Å². The van der Waals surface area contributed by atoms with E-state index < -0.39 is 12.2 Å². The van der Waals surface area contributed by atoms with Gasteiger partial charge in [0.15, 0.2) is 6.10 Å². The summed E-state index contributed by atoms with van der Waals surface area (Å²) in [5.41, 5.74) is 2.10. The molecule has 2 atom stereocenters. The van der Waals surface area contributed by atoms with Gasteiger partial charge in [-0.1, -0.05) is 24.3 Å². The van der Waals surface area contributed by atoms with E-state index in [-0.39, 0.29) is 19.6 Å². The summed E-state index contributed by atoms with van der Waals surface area (Å²) in [6, 6.07) is 7.83. The van der Waals surface area contributed by atoms with Crippen LogP contribution in [-0.4, -0.2) is 39.9 Å². The van der Waals surface area contributed by atoms with E-state index in [1.807, 2.05) is 24.3 Å². The van der Waals surface area contributed by atoms with Crippen molar-refractivity contribution in [3.8, 4) is 0 Å². The van der Waals surface area contributed by atoms with Crippen LogP contribution >= 0.6 is 0 Å². The van der Waals surface area contributed by atoms with E-state index in [0.29, 0.717) is 6.42 Å². The second-order valence-electron chi connectivity index (χ2n) is 4.45. The van der Waals surface area contributed by atoms with Gasteiger partial charge in [-0.2, -0.15) is 0 Å². The van der Waals surface area contributed by atoms with Crippen molar-refractivity contribution in [2.75, 3.05) is 27.7 Å². The van der Waals surface area contributed by atoms with Crippen LogP contribution in [0.15, 0.2) is 24.3 Å². The van der Waals surface area contributed by atoms with Gasteiger partial charge in [-0.25, -0.2) is 4.79 Å². The van der Waals surface area contributed by atoms with Gasteiger partial charge < -0.3 is 18.9 Å². The Labute approximate surface area is 118 Å². The van der Waals surface area contributed by atoms with Crippen molar-refractivity contribution in [3.05, 3.63) is 35.4 Å². The normalized spacial score (nSPS) is 20.5. The van der Waals surface area contributed by atoms with Crippen LogP contribution in [0.25, 0.3) is 0 Å². The number of alkyl carbamates (subject to hydrolysis) is 1. The first-order valence-electron chi connectivity index (χ1n) is 6.38.